The zero-order valence-electron chi connectivity index (χ0n) is 22.1. The van der Waals surface area contributed by atoms with Gasteiger partial charge in [-0.3, -0.25) is 14.0 Å². The Morgan fingerprint density at radius 3 is 2.46 bits per heavy atom. The van der Waals surface area contributed by atoms with Gasteiger partial charge < -0.3 is 16.0 Å². The van der Waals surface area contributed by atoms with Gasteiger partial charge in [0.1, 0.15) is 22.9 Å². The first-order valence-corrected chi connectivity index (χ1v) is 12.9. The molecule has 2 aromatic carbocycles. The van der Waals surface area contributed by atoms with Crippen LogP contribution in [0.5, 0.6) is 0 Å². The van der Waals surface area contributed by atoms with Crippen molar-refractivity contribution in [3.8, 4) is 22.4 Å². The number of nitrogens with zero attached hydrogens (tertiary/aromatic N) is 2. The molecule has 1 aliphatic heterocycles. The highest BCUT2D eigenvalue weighted by Gasteiger charge is 2.21. The first kappa shape index (κ1) is 25.9. The van der Waals surface area contributed by atoms with Crippen molar-refractivity contribution in [1.82, 2.24) is 25.3 Å². The van der Waals surface area contributed by atoms with Crippen molar-refractivity contribution in [2.24, 2.45) is 5.92 Å². The summed E-state index contributed by atoms with van der Waals surface area (Å²) in [5.74, 6) is -0.503. The van der Waals surface area contributed by atoms with Crippen LogP contribution in [0.3, 0.4) is 0 Å². The molecular formula is C31H30FN5O2. The van der Waals surface area contributed by atoms with Crippen molar-refractivity contribution in [2.45, 2.75) is 13.8 Å². The van der Waals surface area contributed by atoms with Crippen LogP contribution in [0.15, 0.2) is 79.1 Å². The number of rotatable bonds is 7. The summed E-state index contributed by atoms with van der Waals surface area (Å²) in [4.78, 5) is 30.9. The predicted molar refractivity (Wildman–Crippen MR) is 152 cm³/mol. The number of fused-ring (bicyclic) bond motifs is 1. The van der Waals surface area contributed by atoms with E-state index in [4.69, 9.17) is 0 Å². The number of hydrogen-bond donors (Lipinski definition) is 3. The van der Waals surface area contributed by atoms with Gasteiger partial charge in [0.15, 0.2) is 0 Å². The second-order valence-corrected chi connectivity index (χ2v) is 9.82. The summed E-state index contributed by atoms with van der Waals surface area (Å²) in [5.41, 5.74) is 5.97. The Kier molecular flexibility index (Phi) is 7.27. The maximum absolute atomic E-state index is 13.6. The summed E-state index contributed by atoms with van der Waals surface area (Å²) >= 11 is 0. The van der Waals surface area contributed by atoms with E-state index in [1.807, 2.05) is 54.9 Å². The molecule has 39 heavy (non-hydrogen) atoms. The van der Waals surface area contributed by atoms with Crippen molar-refractivity contribution in [1.29, 1.82) is 0 Å². The molecule has 8 heteroatoms. The molecule has 7 nitrogen and oxygen atoms in total. The molecule has 4 aromatic rings. The Hall–Kier alpha value is -4.72. The molecule has 5 rings (SSSR count). The van der Waals surface area contributed by atoms with Crippen molar-refractivity contribution in [2.75, 3.05) is 20.1 Å². The largest absolute Gasteiger partial charge is 0.387 e. The van der Waals surface area contributed by atoms with E-state index in [0.717, 1.165) is 28.8 Å². The first-order valence-electron chi connectivity index (χ1n) is 12.9. The Morgan fingerprint density at radius 2 is 1.77 bits per heavy atom. The van der Waals surface area contributed by atoms with Gasteiger partial charge >= 0.3 is 0 Å². The zero-order valence-corrected chi connectivity index (χ0v) is 22.1. The number of dihydropyridines is 1. The van der Waals surface area contributed by atoms with Crippen molar-refractivity contribution >= 4 is 23.0 Å². The number of allylic oxidation sites excluding steroid dienone is 2. The highest BCUT2D eigenvalue weighted by atomic mass is 19.1. The Bertz CT molecular complexity index is 1620. The summed E-state index contributed by atoms with van der Waals surface area (Å²) in [6.07, 6.45) is 7.78. The van der Waals surface area contributed by atoms with E-state index in [0.29, 0.717) is 40.6 Å². The number of benzene rings is 2. The van der Waals surface area contributed by atoms with E-state index < -0.39 is 0 Å². The van der Waals surface area contributed by atoms with Crippen LogP contribution in [-0.2, 0) is 0 Å². The lowest BCUT2D eigenvalue weighted by Gasteiger charge is -2.16. The lowest BCUT2D eigenvalue weighted by Crippen LogP contribution is -2.28. The standard InChI is InChI=1S/C31H30FN5O2/c1-19(2)16-35-30(38)26-15-21(8-12-25(26)22-5-4-14-34-17-22)23-9-13-27-36-28(20-6-10-24(32)11-7-20)29(31(39)33-3)37(27)18-23/h4-13,15,17-19,34H,14,16H2,1-3H3,(H,33,39)(H,35,38). The molecule has 2 amide bonds. The Balaban J connectivity index is 1.62. The number of imidazole rings is 1. The van der Waals surface area contributed by atoms with E-state index in [1.54, 1.807) is 23.6 Å². The van der Waals surface area contributed by atoms with Crippen LogP contribution in [0.1, 0.15) is 40.3 Å². The summed E-state index contributed by atoms with van der Waals surface area (Å²) in [6.45, 7) is 5.42. The lowest BCUT2D eigenvalue weighted by atomic mass is 9.94. The van der Waals surface area contributed by atoms with Crippen molar-refractivity contribution in [3.05, 3.63) is 102 Å². The number of carbonyl (C=O) groups is 2. The monoisotopic (exact) mass is 523 g/mol. The van der Waals surface area contributed by atoms with Crippen LogP contribution in [0.4, 0.5) is 4.39 Å². The number of pyridine rings is 1. The SMILES string of the molecule is CNC(=O)c1c(-c2ccc(F)cc2)nc2ccc(-c3ccc(C4=CNCC=C4)c(C(=O)NCC(C)C)c3)cn12. The Labute approximate surface area is 226 Å². The average molecular weight is 524 g/mol. The number of amides is 2. The third-order valence-electron chi connectivity index (χ3n) is 6.55. The third-order valence-corrected chi connectivity index (χ3v) is 6.55. The van der Waals surface area contributed by atoms with Gasteiger partial charge in [0.2, 0.25) is 0 Å². The van der Waals surface area contributed by atoms with E-state index >= 15 is 0 Å². The Morgan fingerprint density at radius 1 is 1.03 bits per heavy atom. The van der Waals surface area contributed by atoms with Crippen LogP contribution >= 0.6 is 0 Å². The van der Waals surface area contributed by atoms with Gasteiger partial charge in [-0.25, -0.2) is 9.37 Å². The van der Waals surface area contributed by atoms with Gasteiger partial charge in [-0.15, -0.1) is 0 Å². The summed E-state index contributed by atoms with van der Waals surface area (Å²) < 4.78 is 15.3. The van der Waals surface area contributed by atoms with Crippen molar-refractivity contribution < 1.29 is 14.0 Å². The fourth-order valence-electron chi connectivity index (χ4n) is 4.55. The number of carbonyl (C=O) groups excluding carboxylic acids is 2. The number of aromatic nitrogens is 2. The molecule has 0 radical (unpaired) electrons. The minimum Gasteiger partial charge on any atom is -0.387 e. The van der Waals surface area contributed by atoms with Crippen molar-refractivity contribution in [3.63, 3.8) is 0 Å². The molecule has 3 heterocycles. The molecule has 0 unspecified atom stereocenters. The van der Waals surface area contributed by atoms with Gasteiger partial charge in [0.05, 0.1) is 0 Å². The van der Waals surface area contributed by atoms with Gasteiger partial charge in [-0.2, -0.15) is 0 Å². The highest BCUT2D eigenvalue weighted by molar-refractivity contribution is 6.02. The van der Waals surface area contributed by atoms with Gasteiger partial charge in [-0.1, -0.05) is 38.1 Å². The van der Waals surface area contributed by atoms with E-state index in [1.165, 1.54) is 12.1 Å². The molecule has 0 saturated heterocycles. The quantitative estimate of drug-likeness (QED) is 0.316. The molecule has 0 fully saturated rings. The maximum atomic E-state index is 13.6. The first-order chi connectivity index (χ1) is 18.9. The molecule has 0 saturated carbocycles. The third kappa shape index (κ3) is 5.31. The molecule has 1 aliphatic rings. The second-order valence-electron chi connectivity index (χ2n) is 9.82. The number of hydrogen-bond acceptors (Lipinski definition) is 4. The maximum Gasteiger partial charge on any atom is 0.270 e. The molecule has 3 N–H and O–H groups in total. The topological polar surface area (TPSA) is 87.5 Å². The molecule has 198 valence electrons. The highest BCUT2D eigenvalue weighted by Crippen LogP contribution is 2.30. The average Bonchev–Trinajstić information content (AvgIpc) is 3.34. The van der Waals surface area contributed by atoms with Crippen LogP contribution in [0, 0.1) is 11.7 Å². The molecule has 0 spiro atoms. The molecule has 0 aliphatic carbocycles. The molecular weight excluding hydrogens is 493 g/mol. The van der Waals surface area contributed by atoms with E-state index in [2.05, 4.69) is 34.8 Å². The smallest absolute Gasteiger partial charge is 0.270 e. The lowest BCUT2D eigenvalue weighted by molar-refractivity contribution is 0.0944. The van der Waals surface area contributed by atoms with Crippen LogP contribution in [0.2, 0.25) is 0 Å². The molecule has 0 atom stereocenters. The van der Waals surface area contributed by atoms with Crippen LogP contribution in [-0.4, -0.2) is 41.3 Å². The zero-order chi connectivity index (χ0) is 27.5. The minimum atomic E-state index is -0.363. The van der Waals surface area contributed by atoms with E-state index in [-0.39, 0.29) is 17.6 Å². The molecule has 0 bridgehead atoms. The summed E-state index contributed by atoms with van der Waals surface area (Å²) in [6, 6.07) is 15.4. The normalized spacial score (nSPS) is 12.8. The second kappa shape index (κ2) is 10.9. The fraction of sp³-hybridized carbons (Fsp3) is 0.194. The summed E-state index contributed by atoms with van der Waals surface area (Å²) in [7, 11) is 1.56. The number of nitrogens with one attached hydrogen (secondary N) is 3. The predicted octanol–water partition coefficient (Wildman–Crippen LogP) is 5.05. The van der Waals surface area contributed by atoms with Gasteiger partial charge in [0.25, 0.3) is 11.8 Å². The fourth-order valence-corrected chi connectivity index (χ4v) is 4.55. The van der Waals surface area contributed by atoms with Crippen LogP contribution in [0.25, 0.3) is 33.6 Å². The summed E-state index contributed by atoms with van der Waals surface area (Å²) in [5, 5.41) is 8.93. The minimum absolute atomic E-state index is 0.145. The van der Waals surface area contributed by atoms with E-state index in [9.17, 15) is 14.0 Å². The number of halogens is 1. The molecule has 2 aromatic heterocycles. The van der Waals surface area contributed by atoms with Crippen LogP contribution < -0.4 is 16.0 Å². The van der Waals surface area contributed by atoms with Gasteiger partial charge in [-0.05, 0) is 70.6 Å². The van der Waals surface area contributed by atoms with Gasteiger partial charge in [0, 0.05) is 43.7 Å².